The molecule has 96 valence electrons. The minimum atomic E-state index is -5.25. The Kier molecular flexibility index (Phi) is 3.24. The second-order valence-corrected chi connectivity index (χ2v) is 3.10. The molecule has 0 heterocycles. The van der Waals surface area contributed by atoms with Crippen molar-refractivity contribution in [3.63, 3.8) is 0 Å². The van der Waals surface area contributed by atoms with E-state index in [4.69, 9.17) is 0 Å². The van der Waals surface area contributed by atoms with Crippen molar-refractivity contribution in [3.05, 3.63) is 28.8 Å². The van der Waals surface area contributed by atoms with Crippen LogP contribution in [0.3, 0.4) is 0 Å². The molecule has 1 aromatic rings. The molecule has 1 rings (SSSR count). The molecule has 1 aromatic carbocycles. The molecule has 0 aliphatic heterocycles. The molecule has 0 fully saturated rings. The van der Waals surface area contributed by atoms with Crippen molar-refractivity contribution in [2.75, 3.05) is 5.73 Å². The van der Waals surface area contributed by atoms with Crippen LogP contribution in [0, 0.1) is 23.3 Å². The quantitative estimate of drug-likeness (QED) is 0.464. The van der Waals surface area contributed by atoms with Crippen LogP contribution in [0.4, 0.5) is 36.4 Å². The van der Waals surface area contributed by atoms with Crippen molar-refractivity contribution in [1.29, 1.82) is 0 Å². The van der Waals surface area contributed by atoms with Crippen LogP contribution in [-0.4, -0.2) is 6.18 Å². The van der Waals surface area contributed by atoms with Crippen LogP contribution in [0.2, 0.25) is 0 Å². The van der Waals surface area contributed by atoms with E-state index in [1.807, 2.05) is 0 Å². The molecule has 0 amide bonds. The van der Waals surface area contributed by atoms with Crippen LogP contribution in [0.1, 0.15) is 11.6 Å². The topological polar surface area (TPSA) is 52.0 Å². The molecule has 0 aliphatic rings. The van der Waals surface area contributed by atoms with Gasteiger partial charge in [0, 0.05) is 0 Å². The predicted octanol–water partition coefficient (Wildman–Crippen LogP) is 2.39. The average molecular weight is 262 g/mol. The molecule has 2 nitrogen and oxygen atoms in total. The van der Waals surface area contributed by atoms with Crippen LogP contribution < -0.4 is 11.5 Å². The van der Waals surface area contributed by atoms with E-state index in [0.29, 0.717) is 0 Å². The molecule has 0 aliphatic carbocycles. The fraction of sp³-hybridized carbons (Fsp3) is 0.250. The van der Waals surface area contributed by atoms with Crippen molar-refractivity contribution in [1.82, 2.24) is 0 Å². The molecule has 0 spiro atoms. The van der Waals surface area contributed by atoms with Gasteiger partial charge in [-0.2, -0.15) is 13.2 Å². The Morgan fingerprint density at radius 2 is 1.18 bits per heavy atom. The van der Waals surface area contributed by atoms with Crippen molar-refractivity contribution in [2.24, 2.45) is 5.73 Å². The molecule has 0 aromatic heterocycles. The van der Waals surface area contributed by atoms with Crippen LogP contribution >= 0.6 is 0 Å². The first kappa shape index (κ1) is 13.6. The van der Waals surface area contributed by atoms with E-state index in [9.17, 15) is 30.7 Å². The van der Waals surface area contributed by atoms with Crippen LogP contribution in [0.5, 0.6) is 0 Å². The summed E-state index contributed by atoms with van der Waals surface area (Å²) in [4.78, 5) is 0. The van der Waals surface area contributed by atoms with E-state index in [0.717, 1.165) is 0 Å². The van der Waals surface area contributed by atoms with Crippen LogP contribution in [0.25, 0.3) is 0 Å². The van der Waals surface area contributed by atoms with E-state index in [1.54, 1.807) is 0 Å². The van der Waals surface area contributed by atoms with E-state index in [-0.39, 0.29) is 0 Å². The van der Waals surface area contributed by atoms with Gasteiger partial charge in [-0.3, -0.25) is 0 Å². The number of nitrogens with two attached hydrogens (primary N) is 2. The summed E-state index contributed by atoms with van der Waals surface area (Å²) in [6.45, 7) is 0. The Morgan fingerprint density at radius 3 is 1.47 bits per heavy atom. The molecule has 0 saturated heterocycles. The van der Waals surface area contributed by atoms with Gasteiger partial charge >= 0.3 is 6.18 Å². The fourth-order valence-electron chi connectivity index (χ4n) is 1.10. The third-order valence-corrected chi connectivity index (χ3v) is 1.99. The summed E-state index contributed by atoms with van der Waals surface area (Å²) >= 11 is 0. The molecule has 0 saturated carbocycles. The van der Waals surface area contributed by atoms with Gasteiger partial charge in [0.15, 0.2) is 23.3 Å². The first-order chi connectivity index (χ1) is 7.59. The Balaban J connectivity index is 3.55. The first-order valence-corrected chi connectivity index (χ1v) is 4.02. The lowest BCUT2D eigenvalue weighted by molar-refractivity contribution is -0.150. The number of benzene rings is 1. The Morgan fingerprint density at radius 1 is 0.824 bits per heavy atom. The lowest BCUT2D eigenvalue weighted by Crippen LogP contribution is -2.31. The zero-order valence-electron chi connectivity index (χ0n) is 7.88. The Bertz CT molecular complexity index is 425. The summed E-state index contributed by atoms with van der Waals surface area (Å²) in [6.07, 6.45) is -5.25. The number of hydrogen-bond donors (Lipinski definition) is 2. The Hall–Kier alpha value is -1.51. The first-order valence-electron chi connectivity index (χ1n) is 4.02. The van der Waals surface area contributed by atoms with Gasteiger partial charge in [-0.15, -0.1) is 0 Å². The number of anilines is 1. The molecule has 9 heteroatoms. The van der Waals surface area contributed by atoms with Gasteiger partial charge in [-0.25, -0.2) is 17.6 Å². The lowest BCUT2D eigenvalue weighted by Gasteiger charge is -2.18. The van der Waals surface area contributed by atoms with Crippen LogP contribution in [-0.2, 0) is 0 Å². The predicted molar refractivity (Wildman–Crippen MR) is 43.7 cm³/mol. The van der Waals surface area contributed by atoms with Crippen molar-refractivity contribution < 1.29 is 30.7 Å². The van der Waals surface area contributed by atoms with E-state index < -0.39 is 46.7 Å². The maximum Gasteiger partial charge on any atom is 0.407 e. The van der Waals surface area contributed by atoms with Gasteiger partial charge in [0.05, 0.1) is 5.56 Å². The van der Waals surface area contributed by atoms with E-state index in [1.165, 1.54) is 0 Å². The largest absolute Gasteiger partial charge is 0.407 e. The summed E-state index contributed by atoms with van der Waals surface area (Å²) in [5.74, 6) is -8.74. The van der Waals surface area contributed by atoms with Gasteiger partial charge in [-0.1, -0.05) is 0 Å². The minimum Gasteiger partial charge on any atom is -0.394 e. The minimum absolute atomic E-state index is 1.54. The fourth-order valence-corrected chi connectivity index (χ4v) is 1.10. The van der Waals surface area contributed by atoms with Crippen LogP contribution in [0.15, 0.2) is 0 Å². The second-order valence-electron chi connectivity index (χ2n) is 3.10. The van der Waals surface area contributed by atoms with Gasteiger partial charge in [-0.05, 0) is 0 Å². The summed E-state index contributed by atoms with van der Waals surface area (Å²) in [5, 5.41) is 0. The molecular formula is C8H5F7N2. The van der Waals surface area contributed by atoms with Gasteiger partial charge in [0.1, 0.15) is 11.7 Å². The zero-order valence-corrected chi connectivity index (χ0v) is 7.88. The summed E-state index contributed by atoms with van der Waals surface area (Å²) in [5.41, 5.74) is 5.61. The molecule has 1 atom stereocenters. The summed E-state index contributed by atoms with van der Waals surface area (Å²) < 4.78 is 88.2. The second kappa shape index (κ2) is 4.06. The third-order valence-electron chi connectivity index (χ3n) is 1.99. The third kappa shape index (κ3) is 2.14. The molecule has 0 unspecified atom stereocenters. The Labute approximate surface area is 90.0 Å². The maximum absolute atomic E-state index is 13.0. The number of rotatable bonds is 1. The van der Waals surface area contributed by atoms with Gasteiger partial charge in [0.2, 0.25) is 0 Å². The SMILES string of the molecule is Nc1c(F)c(F)c([C@@H](N)C(F)(F)F)c(F)c1F. The average Bonchev–Trinajstić information content (AvgIpc) is 2.22. The standard InChI is InChI=1S/C8H5F7N2/c9-2-1(7(17)8(13,14)15)3(10)5(12)6(16)4(2)11/h7H,16-17H2/t7-/m1/s1. The monoisotopic (exact) mass is 262 g/mol. The number of nitrogen functional groups attached to an aromatic ring is 1. The molecular weight excluding hydrogens is 257 g/mol. The zero-order chi connectivity index (χ0) is 13.5. The van der Waals surface area contributed by atoms with Crippen molar-refractivity contribution in [3.8, 4) is 0 Å². The molecule has 4 N–H and O–H groups in total. The van der Waals surface area contributed by atoms with E-state index >= 15 is 0 Å². The van der Waals surface area contributed by atoms with Gasteiger partial charge < -0.3 is 11.5 Å². The molecule has 17 heavy (non-hydrogen) atoms. The normalized spacial score (nSPS) is 13.9. The van der Waals surface area contributed by atoms with Crippen molar-refractivity contribution in [2.45, 2.75) is 12.2 Å². The molecule has 0 bridgehead atoms. The van der Waals surface area contributed by atoms with Gasteiger partial charge in [0.25, 0.3) is 0 Å². The highest BCUT2D eigenvalue weighted by Gasteiger charge is 2.43. The highest BCUT2D eigenvalue weighted by atomic mass is 19.4. The van der Waals surface area contributed by atoms with Crippen molar-refractivity contribution >= 4 is 5.69 Å². The highest BCUT2D eigenvalue weighted by molar-refractivity contribution is 5.46. The smallest absolute Gasteiger partial charge is 0.394 e. The lowest BCUT2D eigenvalue weighted by atomic mass is 10.0. The summed E-state index contributed by atoms with van der Waals surface area (Å²) in [7, 11) is 0. The highest BCUT2D eigenvalue weighted by Crippen LogP contribution is 2.36. The number of hydrogen-bond acceptors (Lipinski definition) is 2. The maximum atomic E-state index is 13.0. The molecule has 0 radical (unpaired) electrons. The number of alkyl halides is 3. The summed E-state index contributed by atoms with van der Waals surface area (Å²) in [6, 6.07) is -3.19. The van der Waals surface area contributed by atoms with E-state index in [2.05, 4.69) is 11.5 Å². The number of halogens is 7.